The van der Waals surface area contributed by atoms with E-state index in [-0.39, 0.29) is 12.0 Å². The van der Waals surface area contributed by atoms with E-state index in [0.29, 0.717) is 0 Å². The maximum Gasteiger partial charge on any atom is 0.215 e. The summed E-state index contributed by atoms with van der Waals surface area (Å²) in [5.74, 6) is 0.233. The fourth-order valence-electron chi connectivity index (χ4n) is 1.05. The third kappa shape index (κ3) is 2.71. The second kappa shape index (κ2) is 4.40. The second-order valence-electron chi connectivity index (χ2n) is 2.73. The number of rotatable bonds is 2. The van der Waals surface area contributed by atoms with Gasteiger partial charge in [0.2, 0.25) is 5.96 Å². The molecule has 0 heterocycles. The van der Waals surface area contributed by atoms with Gasteiger partial charge in [0.15, 0.2) is 0 Å². The average Bonchev–Trinajstić information content (AvgIpc) is 2.19. The lowest BCUT2D eigenvalue weighted by Gasteiger charge is -2.05. The standard InChI is InChI=1S/C10H13N3/c1-8(13-10(11)12-2)9-6-4-3-5-7-9/h3-8H,2H2,1H3,(H2,11,13)/t8-/m0/s1. The molecule has 0 aliphatic heterocycles. The van der Waals surface area contributed by atoms with Crippen molar-refractivity contribution in [2.24, 2.45) is 15.7 Å². The molecule has 0 amide bonds. The second-order valence-corrected chi connectivity index (χ2v) is 2.73. The molecule has 1 rings (SSSR count). The SMILES string of the molecule is C=NC(N)=N[C@@H](C)c1ccccc1. The van der Waals surface area contributed by atoms with Gasteiger partial charge in [0.1, 0.15) is 0 Å². The van der Waals surface area contributed by atoms with Crippen LogP contribution in [0.4, 0.5) is 0 Å². The van der Waals surface area contributed by atoms with Crippen LogP contribution in [-0.4, -0.2) is 12.7 Å². The van der Waals surface area contributed by atoms with E-state index in [1.165, 1.54) is 0 Å². The zero-order chi connectivity index (χ0) is 9.68. The Labute approximate surface area is 78.0 Å². The van der Waals surface area contributed by atoms with Crippen LogP contribution in [0, 0.1) is 0 Å². The van der Waals surface area contributed by atoms with Crippen molar-refractivity contribution in [2.75, 3.05) is 0 Å². The summed E-state index contributed by atoms with van der Waals surface area (Å²) in [6, 6.07) is 9.95. The molecule has 68 valence electrons. The Balaban J connectivity index is 2.80. The number of hydrogen-bond donors (Lipinski definition) is 1. The molecule has 1 atom stereocenters. The lowest BCUT2D eigenvalue weighted by atomic mass is 10.1. The highest BCUT2D eigenvalue weighted by Gasteiger charge is 2.01. The van der Waals surface area contributed by atoms with Crippen LogP contribution in [0.15, 0.2) is 40.3 Å². The Hall–Kier alpha value is -1.64. The van der Waals surface area contributed by atoms with E-state index in [9.17, 15) is 0 Å². The van der Waals surface area contributed by atoms with Crippen LogP contribution in [0.5, 0.6) is 0 Å². The van der Waals surface area contributed by atoms with Gasteiger partial charge in [-0.2, -0.15) is 0 Å². The van der Waals surface area contributed by atoms with Crippen LogP contribution < -0.4 is 5.73 Å². The third-order valence-electron chi connectivity index (χ3n) is 1.77. The quantitative estimate of drug-likeness (QED) is 0.540. The maximum absolute atomic E-state index is 5.43. The van der Waals surface area contributed by atoms with Gasteiger partial charge in [-0.3, -0.25) is 0 Å². The molecule has 0 bridgehead atoms. The fraction of sp³-hybridized carbons (Fsp3) is 0.200. The van der Waals surface area contributed by atoms with Crippen LogP contribution in [0.1, 0.15) is 18.5 Å². The molecule has 13 heavy (non-hydrogen) atoms. The van der Waals surface area contributed by atoms with Crippen molar-refractivity contribution in [3.8, 4) is 0 Å². The Bertz CT molecular complexity index is 303. The van der Waals surface area contributed by atoms with Gasteiger partial charge in [0, 0.05) is 0 Å². The van der Waals surface area contributed by atoms with Gasteiger partial charge in [0.05, 0.1) is 6.04 Å². The summed E-state index contributed by atoms with van der Waals surface area (Å²) < 4.78 is 0. The number of aliphatic imine (C=N–C) groups is 2. The van der Waals surface area contributed by atoms with E-state index >= 15 is 0 Å². The van der Waals surface area contributed by atoms with Gasteiger partial charge >= 0.3 is 0 Å². The number of guanidine groups is 1. The van der Waals surface area contributed by atoms with Crippen molar-refractivity contribution in [1.29, 1.82) is 0 Å². The van der Waals surface area contributed by atoms with Crippen molar-refractivity contribution in [3.63, 3.8) is 0 Å². The lowest BCUT2D eigenvalue weighted by Crippen LogP contribution is -2.09. The third-order valence-corrected chi connectivity index (χ3v) is 1.77. The normalized spacial score (nSPS) is 13.8. The van der Waals surface area contributed by atoms with Crippen molar-refractivity contribution >= 4 is 12.7 Å². The molecule has 0 aliphatic carbocycles. The molecule has 3 heteroatoms. The van der Waals surface area contributed by atoms with Crippen molar-refractivity contribution < 1.29 is 0 Å². The summed E-state index contributed by atoms with van der Waals surface area (Å²) in [6.07, 6.45) is 0. The summed E-state index contributed by atoms with van der Waals surface area (Å²) in [5, 5.41) is 0. The highest BCUT2D eigenvalue weighted by molar-refractivity contribution is 5.82. The van der Waals surface area contributed by atoms with E-state index in [1.807, 2.05) is 37.3 Å². The molecule has 0 saturated carbocycles. The first kappa shape index (κ1) is 9.45. The highest BCUT2D eigenvalue weighted by atomic mass is 15.0. The zero-order valence-corrected chi connectivity index (χ0v) is 7.64. The Morgan fingerprint density at radius 3 is 2.54 bits per heavy atom. The van der Waals surface area contributed by atoms with Crippen LogP contribution >= 0.6 is 0 Å². The van der Waals surface area contributed by atoms with E-state index in [0.717, 1.165) is 5.56 Å². The molecule has 0 radical (unpaired) electrons. The van der Waals surface area contributed by atoms with E-state index in [1.54, 1.807) is 0 Å². The molecule has 0 saturated heterocycles. The summed E-state index contributed by atoms with van der Waals surface area (Å²) in [5.41, 5.74) is 6.55. The van der Waals surface area contributed by atoms with Gasteiger partial charge < -0.3 is 5.73 Å². The fourth-order valence-corrected chi connectivity index (χ4v) is 1.05. The number of hydrogen-bond acceptors (Lipinski definition) is 1. The molecule has 0 unspecified atom stereocenters. The summed E-state index contributed by atoms with van der Waals surface area (Å²) >= 11 is 0. The first-order valence-electron chi connectivity index (χ1n) is 4.09. The summed E-state index contributed by atoms with van der Waals surface area (Å²) in [7, 11) is 0. The van der Waals surface area contributed by atoms with Gasteiger partial charge in [0.25, 0.3) is 0 Å². The van der Waals surface area contributed by atoms with Crippen LogP contribution in [-0.2, 0) is 0 Å². The van der Waals surface area contributed by atoms with E-state index < -0.39 is 0 Å². The molecule has 0 aromatic heterocycles. The van der Waals surface area contributed by atoms with Gasteiger partial charge in [-0.05, 0) is 19.2 Å². The molecular weight excluding hydrogens is 162 g/mol. The molecule has 1 aromatic rings. The molecule has 0 spiro atoms. The maximum atomic E-state index is 5.43. The smallest absolute Gasteiger partial charge is 0.215 e. The monoisotopic (exact) mass is 175 g/mol. The highest BCUT2D eigenvalue weighted by Crippen LogP contribution is 2.15. The summed E-state index contributed by atoms with van der Waals surface area (Å²) in [6.45, 7) is 5.27. The molecule has 0 aliphatic rings. The topological polar surface area (TPSA) is 50.7 Å². The number of nitrogens with two attached hydrogens (primary N) is 1. The van der Waals surface area contributed by atoms with Crippen molar-refractivity contribution in [2.45, 2.75) is 13.0 Å². The van der Waals surface area contributed by atoms with E-state index in [4.69, 9.17) is 5.73 Å². The van der Waals surface area contributed by atoms with Crippen molar-refractivity contribution in [3.05, 3.63) is 35.9 Å². The lowest BCUT2D eigenvalue weighted by molar-refractivity contribution is 0.816. The molecule has 1 aromatic carbocycles. The largest absolute Gasteiger partial charge is 0.368 e. The minimum atomic E-state index is 0.0340. The average molecular weight is 175 g/mol. The first-order chi connectivity index (χ1) is 6.24. The van der Waals surface area contributed by atoms with Gasteiger partial charge in [-0.1, -0.05) is 30.3 Å². The summed E-state index contributed by atoms with van der Waals surface area (Å²) in [4.78, 5) is 7.66. The molecule has 2 N–H and O–H groups in total. The molecule has 0 fully saturated rings. The van der Waals surface area contributed by atoms with Crippen molar-refractivity contribution in [1.82, 2.24) is 0 Å². The minimum absolute atomic E-state index is 0.0340. The van der Waals surface area contributed by atoms with Crippen LogP contribution in [0.3, 0.4) is 0 Å². The zero-order valence-electron chi connectivity index (χ0n) is 7.64. The number of nitrogens with zero attached hydrogens (tertiary/aromatic N) is 2. The van der Waals surface area contributed by atoms with Gasteiger partial charge in [-0.25, -0.2) is 9.98 Å². The Morgan fingerprint density at radius 2 is 2.00 bits per heavy atom. The van der Waals surface area contributed by atoms with E-state index in [2.05, 4.69) is 16.7 Å². The predicted octanol–water partition coefficient (Wildman–Crippen LogP) is 1.76. The number of benzene rings is 1. The molecular formula is C10H13N3. The predicted molar refractivity (Wildman–Crippen MR) is 56.0 cm³/mol. The van der Waals surface area contributed by atoms with Crippen LogP contribution in [0.2, 0.25) is 0 Å². The van der Waals surface area contributed by atoms with Crippen LogP contribution in [0.25, 0.3) is 0 Å². The van der Waals surface area contributed by atoms with Gasteiger partial charge in [-0.15, -0.1) is 0 Å². The Morgan fingerprint density at radius 1 is 1.38 bits per heavy atom. The Kier molecular flexibility index (Phi) is 3.20. The first-order valence-corrected chi connectivity index (χ1v) is 4.09. The molecule has 3 nitrogen and oxygen atoms in total. The minimum Gasteiger partial charge on any atom is -0.368 e.